The van der Waals surface area contributed by atoms with Gasteiger partial charge in [-0.25, -0.2) is 0 Å². The van der Waals surface area contributed by atoms with Crippen molar-refractivity contribution in [2.24, 2.45) is 4.99 Å². The average molecular weight is 425 g/mol. The standard InChI is InChI=1S/C23H28N4O4/c1-5-16(23(29)26-15-22(28)27-11-7-8-18(27)14-24)12-19(25-6-2)17-9-10-20(30-3)21(13-17)31-4/h5-6,9-10,12-13,18H,7-8,11,15H2,1-4H3,(H,26,29)/b16-5+,19-12-,25-6-/t18-/m0/s1. The number of ether oxygens (including phenoxy) is 2. The number of methoxy groups -OCH3 is 2. The highest BCUT2D eigenvalue weighted by Crippen LogP contribution is 2.31. The van der Waals surface area contributed by atoms with Crippen molar-refractivity contribution < 1.29 is 19.1 Å². The Morgan fingerprint density at radius 2 is 2.03 bits per heavy atom. The number of aliphatic imine (C=N–C) groups is 1. The van der Waals surface area contributed by atoms with Crippen molar-refractivity contribution >= 4 is 23.7 Å². The molecule has 0 unspecified atom stereocenters. The number of allylic oxidation sites excluding steroid dienone is 1. The van der Waals surface area contributed by atoms with Gasteiger partial charge >= 0.3 is 0 Å². The molecule has 2 amide bonds. The lowest BCUT2D eigenvalue weighted by Crippen LogP contribution is -2.42. The second-order valence-corrected chi connectivity index (χ2v) is 6.79. The summed E-state index contributed by atoms with van der Waals surface area (Å²) in [6.07, 6.45) is 6.40. The van der Waals surface area contributed by atoms with Gasteiger partial charge in [-0.2, -0.15) is 5.26 Å². The first kappa shape index (κ1) is 23.7. The Bertz CT molecular complexity index is 943. The van der Waals surface area contributed by atoms with E-state index in [9.17, 15) is 9.59 Å². The van der Waals surface area contributed by atoms with Gasteiger partial charge in [0.1, 0.15) is 6.04 Å². The third-order valence-electron chi connectivity index (χ3n) is 4.94. The predicted octanol–water partition coefficient (Wildman–Crippen LogP) is 2.71. The fourth-order valence-electron chi connectivity index (χ4n) is 3.32. The van der Waals surface area contributed by atoms with Crippen molar-refractivity contribution in [3.8, 4) is 17.6 Å². The van der Waals surface area contributed by atoms with E-state index >= 15 is 0 Å². The van der Waals surface area contributed by atoms with Crippen LogP contribution in [0.5, 0.6) is 11.5 Å². The highest BCUT2D eigenvalue weighted by molar-refractivity contribution is 6.00. The normalized spacial score (nSPS) is 16.9. The Balaban J connectivity index is 2.18. The topological polar surface area (TPSA) is 104 Å². The maximum absolute atomic E-state index is 12.7. The first-order chi connectivity index (χ1) is 15.0. The third kappa shape index (κ3) is 5.95. The average Bonchev–Trinajstić information content (AvgIpc) is 3.28. The molecule has 31 heavy (non-hydrogen) atoms. The molecular weight excluding hydrogens is 396 g/mol. The first-order valence-corrected chi connectivity index (χ1v) is 10.0. The molecule has 1 aliphatic rings. The van der Waals surface area contributed by atoms with Gasteiger partial charge in [0.2, 0.25) is 5.91 Å². The van der Waals surface area contributed by atoms with Crippen LogP contribution < -0.4 is 14.8 Å². The zero-order chi connectivity index (χ0) is 22.8. The molecule has 1 saturated heterocycles. The molecule has 1 atom stereocenters. The van der Waals surface area contributed by atoms with Crippen molar-refractivity contribution in [3.63, 3.8) is 0 Å². The smallest absolute Gasteiger partial charge is 0.251 e. The summed E-state index contributed by atoms with van der Waals surface area (Å²) in [6, 6.07) is 7.08. The second kappa shape index (κ2) is 11.6. The van der Waals surface area contributed by atoms with Gasteiger partial charge in [0.25, 0.3) is 5.91 Å². The van der Waals surface area contributed by atoms with Crippen LogP contribution in [-0.4, -0.2) is 56.3 Å². The van der Waals surface area contributed by atoms with Crippen molar-refractivity contribution in [2.45, 2.75) is 32.7 Å². The van der Waals surface area contributed by atoms with Gasteiger partial charge in [-0.1, -0.05) is 6.08 Å². The highest BCUT2D eigenvalue weighted by Gasteiger charge is 2.28. The number of carbonyl (C=O) groups excluding carboxylic acids is 2. The van der Waals surface area contributed by atoms with Crippen molar-refractivity contribution in [3.05, 3.63) is 41.5 Å². The van der Waals surface area contributed by atoms with Crippen LogP contribution in [0.15, 0.2) is 40.9 Å². The number of nitrogens with zero attached hydrogens (tertiary/aromatic N) is 3. The van der Waals surface area contributed by atoms with Crippen LogP contribution in [0, 0.1) is 11.3 Å². The summed E-state index contributed by atoms with van der Waals surface area (Å²) in [4.78, 5) is 31.0. The molecule has 0 aliphatic carbocycles. The van der Waals surface area contributed by atoms with Crippen LogP contribution in [0.25, 0.3) is 5.70 Å². The van der Waals surface area contributed by atoms with Crippen molar-refractivity contribution in [1.82, 2.24) is 10.2 Å². The Hall–Kier alpha value is -3.60. The Morgan fingerprint density at radius 3 is 2.65 bits per heavy atom. The lowest BCUT2D eigenvalue weighted by atomic mass is 10.1. The van der Waals surface area contributed by atoms with Crippen LogP contribution in [0.2, 0.25) is 0 Å². The summed E-state index contributed by atoms with van der Waals surface area (Å²) >= 11 is 0. The van der Waals surface area contributed by atoms with Crippen LogP contribution >= 0.6 is 0 Å². The minimum absolute atomic E-state index is 0.162. The number of rotatable bonds is 8. The van der Waals surface area contributed by atoms with Gasteiger partial charge in [0.15, 0.2) is 11.5 Å². The second-order valence-electron chi connectivity index (χ2n) is 6.79. The number of nitrogens with one attached hydrogen (secondary N) is 1. The van der Waals surface area contributed by atoms with E-state index in [4.69, 9.17) is 14.7 Å². The van der Waals surface area contributed by atoms with Crippen molar-refractivity contribution in [2.75, 3.05) is 27.3 Å². The largest absolute Gasteiger partial charge is 0.493 e. The molecule has 1 aromatic rings. The van der Waals surface area contributed by atoms with E-state index in [1.54, 1.807) is 58.6 Å². The molecule has 1 aromatic carbocycles. The minimum atomic E-state index is -0.416. The van der Waals surface area contributed by atoms with Gasteiger partial charge < -0.3 is 19.7 Å². The van der Waals surface area contributed by atoms with Gasteiger partial charge in [0.05, 0.1) is 32.5 Å². The molecule has 0 aromatic heterocycles. The van der Waals surface area contributed by atoms with E-state index in [0.717, 1.165) is 12.0 Å². The minimum Gasteiger partial charge on any atom is -0.493 e. The number of benzene rings is 1. The lowest BCUT2D eigenvalue weighted by Gasteiger charge is -2.19. The SMILES string of the molecule is C\C=N/C(=C\C(=C/C)C(=O)NCC(=O)N1CCC[C@H]1C#N)c1ccc(OC)c(OC)c1. The molecule has 0 radical (unpaired) electrons. The Kier molecular flexibility index (Phi) is 8.82. The van der Waals surface area contributed by atoms with Crippen LogP contribution in [0.4, 0.5) is 0 Å². The number of amides is 2. The van der Waals surface area contributed by atoms with Crippen LogP contribution in [0.1, 0.15) is 32.3 Å². The molecule has 1 heterocycles. The fraction of sp³-hybridized carbons (Fsp3) is 0.391. The zero-order valence-electron chi connectivity index (χ0n) is 18.3. The summed E-state index contributed by atoms with van der Waals surface area (Å²) in [7, 11) is 3.11. The number of likely N-dealkylation sites (tertiary alicyclic amines) is 1. The number of carbonyl (C=O) groups is 2. The van der Waals surface area contributed by atoms with E-state index in [1.807, 2.05) is 6.07 Å². The van der Waals surface area contributed by atoms with E-state index in [1.165, 1.54) is 4.90 Å². The predicted molar refractivity (Wildman–Crippen MR) is 119 cm³/mol. The Labute approximate surface area is 182 Å². The van der Waals surface area contributed by atoms with Gasteiger partial charge in [-0.3, -0.25) is 14.6 Å². The van der Waals surface area contributed by atoms with Gasteiger partial charge in [-0.05, 0) is 51.0 Å². The maximum atomic E-state index is 12.7. The molecule has 2 rings (SSSR count). The number of nitriles is 1. The summed E-state index contributed by atoms with van der Waals surface area (Å²) in [5.41, 5.74) is 1.66. The molecule has 8 heteroatoms. The molecule has 1 fully saturated rings. The zero-order valence-corrected chi connectivity index (χ0v) is 18.3. The van der Waals surface area contributed by atoms with Crippen LogP contribution in [0.3, 0.4) is 0 Å². The first-order valence-electron chi connectivity index (χ1n) is 10.0. The Morgan fingerprint density at radius 1 is 1.29 bits per heavy atom. The summed E-state index contributed by atoms with van der Waals surface area (Å²) in [6.45, 7) is 3.90. The van der Waals surface area contributed by atoms with E-state index in [-0.39, 0.29) is 12.5 Å². The molecule has 1 aliphatic heterocycles. The maximum Gasteiger partial charge on any atom is 0.251 e. The highest BCUT2D eigenvalue weighted by atomic mass is 16.5. The molecule has 0 spiro atoms. The number of hydrogen-bond acceptors (Lipinski definition) is 6. The van der Waals surface area contributed by atoms with Crippen LogP contribution in [-0.2, 0) is 9.59 Å². The quantitative estimate of drug-likeness (QED) is 0.393. The molecule has 0 bridgehead atoms. The molecule has 0 saturated carbocycles. The van der Waals surface area contributed by atoms with E-state index in [0.29, 0.717) is 35.7 Å². The summed E-state index contributed by atoms with van der Waals surface area (Å²) in [5.74, 6) is 0.481. The van der Waals surface area contributed by atoms with Crippen molar-refractivity contribution in [1.29, 1.82) is 5.26 Å². The lowest BCUT2D eigenvalue weighted by molar-refractivity contribution is -0.132. The van der Waals surface area contributed by atoms with E-state index < -0.39 is 11.9 Å². The fourth-order valence-corrected chi connectivity index (χ4v) is 3.32. The van der Waals surface area contributed by atoms with Gasteiger partial charge in [-0.15, -0.1) is 0 Å². The monoisotopic (exact) mass is 424 g/mol. The molecular formula is C23H28N4O4. The third-order valence-corrected chi connectivity index (χ3v) is 4.94. The van der Waals surface area contributed by atoms with Gasteiger partial charge in [0, 0.05) is 23.9 Å². The molecule has 1 N–H and O–H groups in total. The molecule has 164 valence electrons. The summed E-state index contributed by atoms with van der Waals surface area (Å²) < 4.78 is 10.6. The molecule has 8 nitrogen and oxygen atoms in total. The number of hydrogen-bond donors (Lipinski definition) is 1. The summed E-state index contributed by atoms with van der Waals surface area (Å²) in [5, 5.41) is 11.8. The van der Waals surface area contributed by atoms with E-state index in [2.05, 4.69) is 16.4 Å².